The van der Waals surface area contributed by atoms with Crippen molar-refractivity contribution in [2.75, 3.05) is 31.2 Å². The molecule has 1 atom stereocenters. The van der Waals surface area contributed by atoms with Gasteiger partial charge in [-0.1, -0.05) is 6.07 Å². The maximum Gasteiger partial charge on any atom is 0.416 e. The predicted molar refractivity (Wildman–Crippen MR) is 87.4 cm³/mol. The number of aromatic nitrogens is 1. The fraction of sp³-hybridized carbons (Fsp3) is 0.500. The van der Waals surface area contributed by atoms with E-state index in [0.29, 0.717) is 18.6 Å². The number of halogens is 3. The van der Waals surface area contributed by atoms with E-state index in [1.807, 2.05) is 0 Å². The van der Waals surface area contributed by atoms with E-state index >= 15 is 0 Å². The molecule has 7 heteroatoms. The third-order valence-electron chi connectivity index (χ3n) is 4.86. The Kier molecular flexibility index (Phi) is 4.29. The molecule has 134 valence electrons. The number of piperidine rings is 1. The molecule has 1 aromatic heterocycles. The molecule has 2 aliphatic heterocycles. The number of anilines is 1. The standard InChI is InChI=1S/C18H19F3N2O2/c19-18(20,21)14-3-4-15-12(10-14)5-6-22-16(15)23-7-1-2-13(11-23)17-24-8-9-25-17/h3-6,10,13,17H,1-2,7-9,11H2. The van der Waals surface area contributed by atoms with E-state index in [0.717, 1.165) is 43.2 Å². The summed E-state index contributed by atoms with van der Waals surface area (Å²) < 4.78 is 50.1. The first-order chi connectivity index (χ1) is 12.0. The van der Waals surface area contributed by atoms with Gasteiger partial charge in [0, 0.05) is 30.6 Å². The second-order valence-corrected chi connectivity index (χ2v) is 6.53. The van der Waals surface area contributed by atoms with Crippen molar-refractivity contribution in [1.29, 1.82) is 0 Å². The van der Waals surface area contributed by atoms with Crippen LogP contribution < -0.4 is 4.90 Å². The molecule has 0 spiro atoms. The topological polar surface area (TPSA) is 34.6 Å². The molecule has 2 aliphatic rings. The monoisotopic (exact) mass is 352 g/mol. The van der Waals surface area contributed by atoms with Gasteiger partial charge in [-0.3, -0.25) is 0 Å². The summed E-state index contributed by atoms with van der Waals surface area (Å²) in [7, 11) is 0. The zero-order valence-corrected chi connectivity index (χ0v) is 13.6. The van der Waals surface area contributed by atoms with E-state index in [1.54, 1.807) is 12.3 Å². The molecule has 4 nitrogen and oxygen atoms in total. The number of hydrogen-bond donors (Lipinski definition) is 0. The van der Waals surface area contributed by atoms with Crippen molar-refractivity contribution in [2.45, 2.75) is 25.3 Å². The Balaban J connectivity index is 1.64. The number of pyridine rings is 1. The number of alkyl halides is 3. The SMILES string of the molecule is FC(F)(F)c1ccc2c(N3CCCC(C4OCCO4)C3)nccc2c1. The number of hydrogen-bond acceptors (Lipinski definition) is 4. The quantitative estimate of drug-likeness (QED) is 0.822. The first kappa shape index (κ1) is 16.6. The van der Waals surface area contributed by atoms with Gasteiger partial charge in [0.2, 0.25) is 0 Å². The molecule has 1 aromatic carbocycles. The Bertz CT molecular complexity index is 760. The fourth-order valence-corrected chi connectivity index (χ4v) is 3.66. The molecule has 0 bridgehead atoms. The lowest BCUT2D eigenvalue weighted by atomic mass is 9.97. The second kappa shape index (κ2) is 6.46. The minimum atomic E-state index is -4.34. The van der Waals surface area contributed by atoms with Crippen LogP contribution in [0.2, 0.25) is 0 Å². The van der Waals surface area contributed by atoms with Gasteiger partial charge in [0.25, 0.3) is 0 Å². The molecule has 2 aromatic rings. The molecule has 0 saturated carbocycles. The first-order valence-corrected chi connectivity index (χ1v) is 8.46. The summed E-state index contributed by atoms with van der Waals surface area (Å²) in [5.41, 5.74) is -0.638. The Morgan fingerprint density at radius 2 is 1.92 bits per heavy atom. The van der Waals surface area contributed by atoms with Crippen molar-refractivity contribution in [3.05, 3.63) is 36.0 Å². The van der Waals surface area contributed by atoms with Gasteiger partial charge in [0.15, 0.2) is 6.29 Å². The molecule has 3 heterocycles. The molecule has 0 amide bonds. The van der Waals surface area contributed by atoms with Gasteiger partial charge in [0.1, 0.15) is 5.82 Å². The second-order valence-electron chi connectivity index (χ2n) is 6.53. The van der Waals surface area contributed by atoms with Gasteiger partial charge in [-0.05, 0) is 36.4 Å². The van der Waals surface area contributed by atoms with Crippen LogP contribution in [0.3, 0.4) is 0 Å². The van der Waals surface area contributed by atoms with Gasteiger partial charge in [0.05, 0.1) is 18.8 Å². The highest BCUT2D eigenvalue weighted by Crippen LogP contribution is 2.35. The van der Waals surface area contributed by atoms with E-state index < -0.39 is 11.7 Å². The molecule has 25 heavy (non-hydrogen) atoms. The van der Waals surface area contributed by atoms with Gasteiger partial charge in [-0.2, -0.15) is 13.2 Å². The smallest absolute Gasteiger partial charge is 0.356 e. The third kappa shape index (κ3) is 3.30. The Hall–Kier alpha value is -1.86. The molecular weight excluding hydrogens is 333 g/mol. The lowest BCUT2D eigenvalue weighted by Crippen LogP contribution is -2.41. The van der Waals surface area contributed by atoms with Crippen molar-refractivity contribution in [2.24, 2.45) is 5.92 Å². The fourth-order valence-electron chi connectivity index (χ4n) is 3.66. The van der Waals surface area contributed by atoms with Crippen LogP contribution in [0.5, 0.6) is 0 Å². The average molecular weight is 352 g/mol. The third-order valence-corrected chi connectivity index (χ3v) is 4.86. The number of fused-ring (bicyclic) bond motifs is 1. The van der Waals surface area contributed by atoms with Crippen molar-refractivity contribution < 1.29 is 22.6 Å². The summed E-state index contributed by atoms with van der Waals surface area (Å²) in [6.07, 6.45) is -0.958. The molecular formula is C18H19F3N2O2. The average Bonchev–Trinajstić information content (AvgIpc) is 3.15. The number of ether oxygens (including phenoxy) is 2. The molecule has 0 N–H and O–H groups in total. The van der Waals surface area contributed by atoms with Crippen LogP contribution in [0.25, 0.3) is 10.8 Å². The van der Waals surface area contributed by atoms with Gasteiger partial charge in [-0.15, -0.1) is 0 Å². The van der Waals surface area contributed by atoms with Crippen LogP contribution >= 0.6 is 0 Å². The highest BCUT2D eigenvalue weighted by atomic mass is 19.4. The molecule has 0 radical (unpaired) electrons. The van der Waals surface area contributed by atoms with Crippen molar-refractivity contribution in [3.8, 4) is 0 Å². The lowest BCUT2D eigenvalue weighted by Gasteiger charge is -2.36. The molecule has 2 fully saturated rings. The van der Waals surface area contributed by atoms with Crippen LogP contribution in [0.15, 0.2) is 30.5 Å². The van der Waals surface area contributed by atoms with Crippen molar-refractivity contribution in [3.63, 3.8) is 0 Å². The summed E-state index contributed by atoms with van der Waals surface area (Å²) in [6.45, 7) is 2.80. The van der Waals surface area contributed by atoms with Gasteiger partial charge < -0.3 is 14.4 Å². The largest absolute Gasteiger partial charge is 0.416 e. The Morgan fingerprint density at radius 1 is 1.12 bits per heavy atom. The van der Waals surface area contributed by atoms with Gasteiger partial charge in [-0.25, -0.2) is 4.98 Å². The number of nitrogens with zero attached hydrogens (tertiary/aromatic N) is 2. The molecule has 4 rings (SSSR count). The van der Waals surface area contributed by atoms with E-state index in [4.69, 9.17) is 9.47 Å². The lowest BCUT2D eigenvalue weighted by molar-refractivity contribution is -0.137. The predicted octanol–water partition coefficient (Wildman–Crippen LogP) is 3.84. The summed E-state index contributed by atoms with van der Waals surface area (Å²) in [5, 5.41) is 1.29. The molecule has 1 unspecified atom stereocenters. The summed E-state index contributed by atoms with van der Waals surface area (Å²) in [6, 6.07) is 5.45. The minimum absolute atomic E-state index is 0.186. The molecule has 2 saturated heterocycles. The van der Waals surface area contributed by atoms with E-state index in [2.05, 4.69) is 9.88 Å². The maximum absolute atomic E-state index is 12.9. The van der Waals surface area contributed by atoms with Crippen LogP contribution in [-0.4, -0.2) is 37.6 Å². The van der Waals surface area contributed by atoms with E-state index in [9.17, 15) is 13.2 Å². The Morgan fingerprint density at radius 3 is 2.68 bits per heavy atom. The van der Waals surface area contributed by atoms with E-state index in [1.165, 1.54) is 12.1 Å². The summed E-state index contributed by atoms with van der Waals surface area (Å²) in [5.74, 6) is 0.983. The van der Waals surface area contributed by atoms with Crippen molar-refractivity contribution in [1.82, 2.24) is 4.98 Å². The van der Waals surface area contributed by atoms with Crippen LogP contribution in [0, 0.1) is 5.92 Å². The van der Waals surface area contributed by atoms with Crippen LogP contribution in [-0.2, 0) is 15.7 Å². The van der Waals surface area contributed by atoms with E-state index in [-0.39, 0.29) is 12.2 Å². The molecule has 0 aliphatic carbocycles. The normalized spacial score (nSPS) is 22.7. The zero-order valence-electron chi connectivity index (χ0n) is 13.6. The number of rotatable bonds is 2. The number of benzene rings is 1. The summed E-state index contributed by atoms with van der Waals surface area (Å²) in [4.78, 5) is 6.58. The highest BCUT2D eigenvalue weighted by molar-refractivity contribution is 5.92. The zero-order chi connectivity index (χ0) is 17.4. The van der Waals surface area contributed by atoms with Crippen LogP contribution in [0.4, 0.5) is 19.0 Å². The Labute approximate surface area is 143 Å². The van der Waals surface area contributed by atoms with Crippen molar-refractivity contribution >= 4 is 16.6 Å². The minimum Gasteiger partial charge on any atom is -0.356 e. The first-order valence-electron chi connectivity index (χ1n) is 8.46. The highest BCUT2D eigenvalue weighted by Gasteiger charge is 2.33. The maximum atomic E-state index is 12.9. The van der Waals surface area contributed by atoms with Gasteiger partial charge >= 0.3 is 6.18 Å². The summed E-state index contributed by atoms with van der Waals surface area (Å²) >= 11 is 0. The van der Waals surface area contributed by atoms with Crippen LogP contribution in [0.1, 0.15) is 18.4 Å².